The Morgan fingerprint density at radius 2 is 0.920 bits per heavy atom. The minimum absolute atomic E-state index is 0.735. The summed E-state index contributed by atoms with van der Waals surface area (Å²) in [5.41, 5.74) is 0. The van der Waals surface area contributed by atoms with Crippen molar-refractivity contribution >= 4 is 10.1 Å². The lowest BCUT2D eigenvalue weighted by Gasteiger charge is -2.03. The summed E-state index contributed by atoms with van der Waals surface area (Å²) in [5, 5.41) is 0.888. The van der Waals surface area contributed by atoms with Crippen LogP contribution in [0, 0.1) is 0 Å². The van der Waals surface area contributed by atoms with E-state index in [2.05, 4.69) is 6.92 Å². The van der Waals surface area contributed by atoms with Crippen molar-refractivity contribution in [3.63, 3.8) is 0 Å². The molecule has 3 nitrogen and oxygen atoms in total. The fourth-order valence-corrected chi connectivity index (χ4v) is 3.56. The van der Waals surface area contributed by atoms with Crippen LogP contribution < -0.4 is 0 Å². The van der Waals surface area contributed by atoms with Gasteiger partial charge in [-0.25, -0.2) is 0 Å². The van der Waals surface area contributed by atoms with Gasteiger partial charge in [0.1, 0.15) is 0 Å². The lowest BCUT2D eigenvalue weighted by molar-refractivity contribution is 0.494. The number of allylic oxidation sites excluding steroid dienone is 1. The minimum atomic E-state index is -3.93. The van der Waals surface area contributed by atoms with E-state index in [0.29, 0.717) is 0 Å². The van der Waals surface area contributed by atoms with E-state index >= 15 is 0 Å². The second-order valence-electron chi connectivity index (χ2n) is 7.33. The summed E-state index contributed by atoms with van der Waals surface area (Å²) < 4.78 is 29.5. The Kier molecular flexibility index (Phi) is 18.2. The minimum Gasteiger partial charge on any atom is -0.282 e. The molecule has 0 bridgehead atoms. The molecule has 0 aliphatic rings. The smallest absolute Gasteiger partial charge is 0.282 e. The van der Waals surface area contributed by atoms with Gasteiger partial charge in [0, 0.05) is 0 Å². The van der Waals surface area contributed by atoms with Crippen molar-refractivity contribution in [2.24, 2.45) is 0 Å². The normalized spacial score (nSPS) is 12.2. The van der Waals surface area contributed by atoms with Crippen molar-refractivity contribution in [3.05, 3.63) is 11.5 Å². The molecule has 0 unspecified atom stereocenters. The van der Waals surface area contributed by atoms with Gasteiger partial charge in [-0.2, -0.15) is 8.42 Å². The Bertz CT molecular complexity index is 388. The largest absolute Gasteiger partial charge is 0.287 e. The predicted octanol–water partition coefficient (Wildman–Crippen LogP) is 7.43. The molecule has 0 aliphatic heterocycles. The predicted molar refractivity (Wildman–Crippen MR) is 109 cm³/mol. The first-order chi connectivity index (χ1) is 12.1. The number of hydrogen-bond acceptors (Lipinski definition) is 2. The number of unbranched alkanes of at least 4 members (excludes halogenated alkanes) is 17. The monoisotopic (exact) mass is 374 g/mol. The maximum atomic E-state index is 10.5. The van der Waals surface area contributed by atoms with Crippen molar-refractivity contribution in [2.75, 3.05) is 0 Å². The fraction of sp³-hybridized carbons (Fsp3) is 0.905. The van der Waals surface area contributed by atoms with E-state index in [0.717, 1.165) is 24.7 Å². The molecular weight excluding hydrogens is 332 g/mol. The molecule has 0 saturated carbocycles. The molecule has 0 aromatic heterocycles. The van der Waals surface area contributed by atoms with Gasteiger partial charge in [-0.1, -0.05) is 116 Å². The lowest BCUT2D eigenvalue weighted by atomic mass is 10.0. The van der Waals surface area contributed by atoms with Crippen LogP contribution >= 0.6 is 0 Å². The first-order valence-corrected chi connectivity index (χ1v) is 12.2. The molecule has 0 aromatic rings. The summed E-state index contributed by atoms with van der Waals surface area (Å²) >= 11 is 0. The van der Waals surface area contributed by atoms with Crippen LogP contribution in [0.2, 0.25) is 0 Å². The van der Waals surface area contributed by atoms with Gasteiger partial charge in [-0.05, 0) is 12.8 Å². The highest BCUT2D eigenvalue weighted by Gasteiger charge is 1.96. The van der Waals surface area contributed by atoms with Crippen molar-refractivity contribution in [2.45, 2.75) is 122 Å². The van der Waals surface area contributed by atoms with E-state index in [1.807, 2.05) is 0 Å². The quantitative estimate of drug-likeness (QED) is 0.189. The first-order valence-electron chi connectivity index (χ1n) is 10.7. The zero-order valence-electron chi connectivity index (χ0n) is 16.6. The molecule has 0 atom stereocenters. The van der Waals surface area contributed by atoms with Crippen molar-refractivity contribution in [1.82, 2.24) is 0 Å². The van der Waals surface area contributed by atoms with Crippen LogP contribution in [0.1, 0.15) is 122 Å². The van der Waals surface area contributed by atoms with Gasteiger partial charge in [0.25, 0.3) is 10.1 Å². The Balaban J connectivity index is 3.08. The van der Waals surface area contributed by atoms with Crippen molar-refractivity contribution in [3.8, 4) is 0 Å². The Labute approximate surface area is 157 Å². The van der Waals surface area contributed by atoms with Crippen LogP contribution in [-0.4, -0.2) is 13.0 Å². The molecule has 0 spiro atoms. The Morgan fingerprint density at radius 1 is 0.600 bits per heavy atom. The van der Waals surface area contributed by atoms with Gasteiger partial charge in [0.15, 0.2) is 0 Å². The zero-order valence-corrected chi connectivity index (χ0v) is 17.4. The van der Waals surface area contributed by atoms with Gasteiger partial charge < -0.3 is 0 Å². The van der Waals surface area contributed by atoms with Crippen molar-refractivity contribution < 1.29 is 13.0 Å². The van der Waals surface area contributed by atoms with Crippen molar-refractivity contribution in [1.29, 1.82) is 0 Å². The second kappa shape index (κ2) is 18.4. The van der Waals surface area contributed by atoms with E-state index in [1.165, 1.54) is 96.3 Å². The molecule has 1 N–H and O–H groups in total. The third-order valence-corrected chi connectivity index (χ3v) is 5.28. The van der Waals surface area contributed by atoms with Gasteiger partial charge in [0.05, 0.1) is 5.41 Å². The molecule has 25 heavy (non-hydrogen) atoms. The van der Waals surface area contributed by atoms with Gasteiger partial charge >= 0.3 is 0 Å². The number of rotatable bonds is 19. The van der Waals surface area contributed by atoms with Crippen LogP contribution in [0.5, 0.6) is 0 Å². The average molecular weight is 375 g/mol. The van der Waals surface area contributed by atoms with E-state index in [4.69, 9.17) is 4.55 Å². The topological polar surface area (TPSA) is 54.4 Å². The molecular formula is C21H42O3S. The molecule has 0 saturated heterocycles. The highest BCUT2D eigenvalue weighted by Crippen LogP contribution is 2.14. The Hall–Kier alpha value is -0.350. The van der Waals surface area contributed by atoms with E-state index in [9.17, 15) is 8.42 Å². The third kappa shape index (κ3) is 23.6. The van der Waals surface area contributed by atoms with Crippen LogP contribution in [-0.2, 0) is 10.1 Å². The molecule has 4 heteroatoms. The van der Waals surface area contributed by atoms with Gasteiger partial charge in [-0.15, -0.1) is 0 Å². The van der Waals surface area contributed by atoms with E-state index < -0.39 is 10.1 Å². The molecule has 0 aliphatic carbocycles. The summed E-state index contributed by atoms with van der Waals surface area (Å²) in [6.07, 6.45) is 25.2. The summed E-state index contributed by atoms with van der Waals surface area (Å²) in [6.45, 7) is 2.27. The van der Waals surface area contributed by atoms with Crippen LogP contribution in [0.15, 0.2) is 11.5 Å². The fourth-order valence-electron chi connectivity index (χ4n) is 3.18. The standard InChI is InChI=1S/C21H42O3S/c1-2-3-4-5-6-7-8-9-10-11-12-13-14-15-16-17-18-19-20-21-25(22,23)24/h20-21H,2-19H2,1H3,(H,22,23,24)/b21-20+. The summed E-state index contributed by atoms with van der Waals surface area (Å²) in [6, 6.07) is 0. The SMILES string of the molecule is CCCCCCCCCCCCCCCCCCC/C=C/S(=O)(=O)O. The molecule has 0 amide bonds. The average Bonchev–Trinajstić information content (AvgIpc) is 2.56. The second-order valence-corrected chi connectivity index (χ2v) is 8.63. The highest BCUT2D eigenvalue weighted by molar-refractivity contribution is 7.88. The maximum Gasteiger partial charge on any atom is 0.287 e. The molecule has 0 aromatic carbocycles. The lowest BCUT2D eigenvalue weighted by Crippen LogP contribution is -1.89. The van der Waals surface area contributed by atoms with E-state index in [-0.39, 0.29) is 0 Å². The van der Waals surface area contributed by atoms with Crippen LogP contribution in [0.4, 0.5) is 0 Å². The third-order valence-electron chi connectivity index (χ3n) is 4.74. The van der Waals surface area contributed by atoms with Gasteiger partial charge in [-0.3, -0.25) is 4.55 Å². The highest BCUT2D eigenvalue weighted by atomic mass is 32.2. The maximum absolute atomic E-state index is 10.5. The molecule has 0 rings (SSSR count). The number of hydrogen-bond donors (Lipinski definition) is 1. The van der Waals surface area contributed by atoms with Gasteiger partial charge in [0.2, 0.25) is 0 Å². The molecule has 0 heterocycles. The van der Waals surface area contributed by atoms with Crippen LogP contribution in [0.25, 0.3) is 0 Å². The first kappa shape index (κ1) is 24.7. The Morgan fingerprint density at radius 3 is 1.24 bits per heavy atom. The zero-order chi connectivity index (χ0) is 18.6. The summed E-state index contributed by atoms with van der Waals surface area (Å²) in [5.74, 6) is 0. The van der Waals surface area contributed by atoms with E-state index in [1.54, 1.807) is 6.08 Å². The molecule has 150 valence electrons. The summed E-state index contributed by atoms with van der Waals surface area (Å²) in [4.78, 5) is 0. The summed E-state index contributed by atoms with van der Waals surface area (Å²) in [7, 11) is -3.93. The molecule has 0 radical (unpaired) electrons. The molecule has 0 fully saturated rings. The van der Waals surface area contributed by atoms with Crippen LogP contribution in [0.3, 0.4) is 0 Å².